The van der Waals surface area contributed by atoms with Crippen molar-refractivity contribution in [3.8, 4) is 0 Å². The molecule has 2 aromatic rings. The minimum Gasteiger partial charge on any atom is -0.322 e. The van der Waals surface area contributed by atoms with E-state index in [1.54, 1.807) is 4.68 Å². The van der Waals surface area contributed by atoms with Crippen LogP contribution in [0.3, 0.4) is 0 Å². The van der Waals surface area contributed by atoms with E-state index in [0.717, 1.165) is 54.7 Å². The molecule has 136 valence electrons. The predicted octanol–water partition coefficient (Wildman–Crippen LogP) is 1.35. The first-order valence-electron chi connectivity index (χ1n) is 8.77. The first kappa shape index (κ1) is 17.6. The van der Waals surface area contributed by atoms with Gasteiger partial charge in [0.2, 0.25) is 5.91 Å². The van der Waals surface area contributed by atoms with E-state index in [1.165, 1.54) is 0 Å². The van der Waals surface area contributed by atoms with Crippen molar-refractivity contribution >= 4 is 11.6 Å². The summed E-state index contributed by atoms with van der Waals surface area (Å²) in [7, 11) is 1.89. The SMILES string of the molecule is Cc1nc(C)n(C[C@H]2CCCN2CC(=O)Nc2c(C)nn(C)c2C)n1. The standard InChI is InChI=1S/C17H27N7O/c1-11-17(12(2)22(5)20-11)19-16(25)10-23-8-6-7-15(23)9-24-14(4)18-13(3)21-24/h15H,6-10H2,1-5H3,(H,19,25)/t15-/m1/s1. The number of hydrogen-bond donors (Lipinski definition) is 1. The molecule has 8 nitrogen and oxygen atoms in total. The molecule has 0 aromatic carbocycles. The zero-order valence-corrected chi connectivity index (χ0v) is 15.7. The van der Waals surface area contributed by atoms with Crippen LogP contribution >= 0.6 is 0 Å². The van der Waals surface area contributed by atoms with Gasteiger partial charge in [-0.05, 0) is 47.1 Å². The highest BCUT2D eigenvalue weighted by atomic mass is 16.2. The molecule has 2 aromatic heterocycles. The zero-order chi connectivity index (χ0) is 18.1. The highest BCUT2D eigenvalue weighted by Gasteiger charge is 2.27. The van der Waals surface area contributed by atoms with Gasteiger partial charge >= 0.3 is 0 Å². The number of carbonyl (C=O) groups excluding carboxylic acids is 1. The average molecular weight is 345 g/mol. The maximum absolute atomic E-state index is 12.5. The molecule has 3 rings (SSSR count). The summed E-state index contributed by atoms with van der Waals surface area (Å²) < 4.78 is 3.74. The van der Waals surface area contributed by atoms with E-state index in [4.69, 9.17) is 0 Å². The van der Waals surface area contributed by atoms with Crippen LogP contribution in [0.1, 0.15) is 35.9 Å². The summed E-state index contributed by atoms with van der Waals surface area (Å²) in [6.45, 7) is 9.87. The summed E-state index contributed by atoms with van der Waals surface area (Å²) in [6, 6.07) is 0.321. The molecule has 25 heavy (non-hydrogen) atoms. The number of nitrogens with zero attached hydrogens (tertiary/aromatic N) is 6. The van der Waals surface area contributed by atoms with Crippen molar-refractivity contribution in [2.24, 2.45) is 7.05 Å². The van der Waals surface area contributed by atoms with Crippen molar-refractivity contribution in [1.29, 1.82) is 0 Å². The van der Waals surface area contributed by atoms with Crippen molar-refractivity contribution in [3.63, 3.8) is 0 Å². The number of hydrogen-bond acceptors (Lipinski definition) is 5. The molecule has 0 unspecified atom stereocenters. The number of anilines is 1. The molecule has 1 atom stereocenters. The van der Waals surface area contributed by atoms with Crippen LogP contribution in [0.15, 0.2) is 0 Å². The molecular formula is C17H27N7O. The fraction of sp³-hybridized carbons (Fsp3) is 0.647. The summed E-state index contributed by atoms with van der Waals surface area (Å²) in [5, 5.41) is 11.8. The van der Waals surface area contributed by atoms with Crippen LogP contribution in [-0.2, 0) is 18.4 Å². The Balaban J connectivity index is 1.63. The summed E-state index contributed by atoms with van der Waals surface area (Å²) >= 11 is 0. The highest BCUT2D eigenvalue weighted by molar-refractivity contribution is 5.93. The lowest BCUT2D eigenvalue weighted by molar-refractivity contribution is -0.117. The first-order chi connectivity index (χ1) is 11.8. The summed E-state index contributed by atoms with van der Waals surface area (Å²) in [5.74, 6) is 1.73. The van der Waals surface area contributed by atoms with Gasteiger partial charge in [0.15, 0.2) is 0 Å². The largest absolute Gasteiger partial charge is 0.322 e. The van der Waals surface area contributed by atoms with E-state index in [2.05, 4.69) is 25.4 Å². The monoisotopic (exact) mass is 345 g/mol. The van der Waals surface area contributed by atoms with Gasteiger partial charge in [-0.25, -0.2) is 9.67 Å². The van der Waals surface area contributed by atoms with Crippen LogP contribution in [0.5, 0.6) is 0 Å². The van der Waals surface area contributed by atoms with Crippen LogP contribution in [-0.4, -0.2) is 54.5 Å². The Labute approximate surface area is 148 Å². The molecule has 1 saturated heterocycles. The maximum atomic E-state index is 12.5. The van der Waals surface area contributed by atoms with Crippen molar-refractivity contribution in [1.82, 2.24) is 29.4 Å². The number of likely N-dealkylation sites (tertiary alicyclic amines) is 1. The van der Waals surface area contributed by atoms with Crippen LogP contribution < -0.4 is 5.32 Å². The van der Waals surface area contributed by atoms with E-state index in [1.807, 2.05) is 39.4 Å². The fourth-order valence-corrected chi connectivity index (χ4v) is 3.56. The smallest absolute Gasteiger partial charge is 0.238 e. The number of aryl methyl sites for hydroxylation is 4. The lowest BCUT2D eigenvalue weighted by Gasteiger charge is -2.24. The zero-order valence-electron chi connectivity index (χ0n) is 15.7. The molecule has 0 saturated carbocycles. The molecule has 0 bridgehead atoms. The van der Waals surface area contributed by atoms with Gasteiger partial charge in [0.05, 0.1) is 30.2 Å². The van der Waals surface area contributed by atoms with Crippen LogP contribution in [0, 0.1) is 27.7 Å². The maximum Gasteiger partial charge on any atom is 0.238 e. The van der Waals surface area contributed by atoms with E-state index < -0.39 is 0 Å². The van der Waals surface area contributed by atoms with Gasteiger partial charge in [-0.3, -0.25) is 14.4 Å². The first-order valence-corrected chi connectivity index (χ1v) is 8.77. The summed E-state index contributed by atoms with van der Waals surface area (Å²) in [6.07, 6.45) is 2.19. The van der Waals surface area contributed by atoms with E-state index >= 15 is 0 Å². The van der Waals surface area contributed by atoms with E-state index in [0.29, 0.717) is 12.6 Å². The molecule has 1 aliphatic heterocycles. The topological polar surface area (TPSA) is 80.9 Å². The Bertz CT molecular complexity index is 776. The number of aromatic nitrogens is 5. The normalized spacial score (nSPS) is 18.0. The number of rotatable bonds is 5. The third-order valence-electron chi connectivity index (χ3n) is 4.97. The van der Waals surface area contributed by atoms with Crippen molar-refractivity contribution < 1.29 is 4.79 Å². The predicted molar refractivity (Wildman–Crippen MR) is 95.4 cm³/mol. The molecular weight excluding hydrogens is 318 g/mol. The summed E-state index contributed by atoms with van der Waals surface area (Å²) in [4.78, 5) is 19.1. The van der Waals surface area contributed by atoms with Gasteiger partial charge in [0.1, 0.15) is 11.6 Å². The quantitative estimate of drug-likeness (QED) is 0.885. The van der Waals surface area contributed by atoms with Gasteiger partial charge in [0.25, 0.3) is 0 Å². The summed E-state index contributed by atoms with van der Waals surface area (Å²) in [5.41, 5.74) is 2.64. The van der Waals surface area contributed by atoms with Crippen molar-refractivity contribution in [3.05, 3.63) is 23.0 Å². The minimum atomic E-state index is 0.0117. The fourth-order valence-electron chi connectivity index (χ4n) is 3.56. The van der Waals surface area contributed by atoms with Crippen molar-refractivity contribution in [2.45, 2.75) is 53.1 Å². The van der Waals surface area contributed by atoms with E-state index in [9.17, 15) is 4.79 Å². The second-order valence-corrected chi connectivity index (χ2v) is 6.87. The number of nitrogens with one attached hydrogen (secondary N) is 1. The molecule has 0 aliphatic carbocycles. The van der Waals surface area contributed by atoms with Crippen LogP contribution in [0.2, 0.25) is 0 Å². The van der Waals surface area contributed by atoms with Crippen LogP contribution in [0.25, 0.3) is 0 Å². The molecule has 8 heteroatoms. The van der Waals surface area contributed by atoms with Gasteiger partial charge in [-0.15, -0.1) is 0 Å². The Morgan fingerprint density at radius 2 is 2.00 bits per heavy atom. The molecule has 3 heterocycles. The Morgan fingerprint density at radius 3 is 2.60 bits per heavy atom. The molecule has 0 radical (unpaired) electrons. The second kappa shape index (κ2) is 6.95. The highest BCUT2D eigenvalue weighted by Crippen LogP contribution is 2.21. The minimum absolute atomic E-state index is 0.0117. The molecule has 1 N–H and O–H groups in total. The number of carbonyl (C=O) groups is 1. The van der Waals surface area contributed by atoms with Gasteiger partial charge in [-0.1, -0.05) is 0 Å². The Morgan fingerprint density at radius 1 is 1.24 bits per heavy atom. The Hall–Kier alpha value is -2.22. The van der Waals surface area contributed by atoms with Crippen LogP contribution in [0.4, 0.5) is 5.69 Å². The third-order valence-corrected chi connectivity index (χ3v) is 4.97. The average Bonchev–Trinajstić information content (AvgIpc) is 3.16. The molecule has 1 amide bonds. The lowest BCUT2D eigenvalue weighted by Crippen LogP contribution is -2.39. The molecule has 0 spiro atoms. The van der Waals surface area contributed by atoms with Crippen molar-refractivity contribution in [2.75, 3.05) is 18.4 Å². The molecule has 1 fully saturated rings. The van der Waals surface area contributed by atoms with E-state index in [-0.39, 0.29) is 5.91 Å². The Kier molecular flexibility index (Phi) is 4.89. The third kappa shape index (κ3) is 3.73. The molecule has 1 aliphatic rings. The van der Waals surface area contributed by atoms with Gasteiger partial charge < -0.3 is 5.32 Å². The second-order valence-electron chi connectivity index (χ2n) is 6.87. The number of amides is 1. The lowest BCUT2D eigenvalue weighted by atomic mass is 10.2. The van der Waals surface area contributed by atoms with Gasteiger partial charge in [0, 0.05) is 13.1 Å². The van der Waals surface area contributed by atoms with Gasteiger partial charge in [-0.2, -0.15) is 10.2 Å².